The Bertz CT molecular complexity index is 1520. The number of carbonyl (C=O) groups excluding carboxylic acids is 3. The van der Waals surface area contributed by atoms with Gasteiger partial charge in [0.1, 0.15) is 29.0 Å². The molecule has 1 aliphatic carbocycles. The molecule has 0 N–H and O–H groups in total. The third-order valence-electron chi connectivity index (χ3n) is 8.58. The number of hydrogen-bond donors (Lipinski definition) is 0. The first-order valence-corrected chi connectivity index (χ1v) is 15.8. The van der Waals surface area contributed by atoms with Gasteiger partial charge in [0, 0.05) is 0 Å². The molecular weight excluding hydrogens is 588 g/mol. The van der Waals surface area contributed by atoms with Gasteiger partial charge in [-0.3, -0.25) is 0 Å². The molecule has 1 aliphatic heterocycles. The number of esters is 3. The van der Waals surface area contributed by atoms with E-state index >= 15 is 0 Å². The van der Waals surface area contributed by atoms with E-state index in [1.807, 2.05) is 6.92 Å². The molecule has 3 aromatic rings. The summed E-state index contributed by atoms with van der Waals surface area (Å²) in [4.78, 5) is 38.5. The van der Waals surface area contributed by atoms with Crippen molar-refractivity contribution < 1.29 is 42.8 Å². The number of epoxide rings is 1. The highest BCUT2D eigenvalue weighted by atomic mass is 16.7. The molecule has 1 saturated carbocycles. The summed E-state index contributed by atoms with van der Waals surface area (Å²) in [5, 5.41) is 0. The normalized spacial score (nSPS) is 22.2. The van der Waals surface area contributed by atoms with Crippen LogP contribution in [0, 0.1) is 24.7 Å². The first-order valence-electron chi connectivity index (χ1n) is 15.8. The fourth-order valence-electron chi connectivity index (χ4n) is 5.59. The topological polar surface area (TPSA) is 110 Å². The van der Waals surface area contributed by atoms with Crippen LogP contribution in [0.1, 0.15) is 83.6 Å². The van der Waals surface area contributed by atoms with Gasteiger partial charge in [-0.05, 0) is 117 Å². The summed E-state index contributed by atoms with van der Waals surface area (Å²) in [6.45, 7) is 11.5. The van der Waals surface area contributed by atoms with Crippen LogP contribution in [0.5, 0.6) is 17.2 Å². The van der Waals surface area contributed by atoms with Crippen LogP contribution in [-0.4, -0.2) is 49.6 Å². The number of carbonyl (C=O) groups is 3. The van der Waals surface area contributed by atoms with Crippen LogP contribution in [0.2, 0.25) is 0 Å². The van der Waals surface area contributed by atoms with Crippen LogP contribution >= 0.6 is 0 Å². The number of aryl methyl sites for hydroxylation is 1. The van der Waals surface area contributed by atoms with Gasteiger partial charge < -0.3 is 28.4 Å². The Hall–Kier alpha value is -4.21. The summed E-state index contributed by atoms with van der Waals surface area (Å²) in [5.41, 5.74) is 1.42. The predicted molar refractivity (Wildman–Crippen MR) is 170 cm³/mol. The molecule has 0 amide bonds. The largest absolute Gasteiger partial charge is 0.468 e. The summed E-state index contributed by atoms with van der Waals surface area (Å²) in [7, 11) is 0. The molecule has 0 radical (unpaired) electrons. The fourth-order valence-corrected chi connectivity index (χ4v) is 5.59. The van der Waals surface area contributed by atoms with E-state index < -0.39 is 11.9 Å². The summed E-state index contributed by atoms with van der Waals surface area (Å²) in [6.07, 6.45) is 2.99. The van der Waals surface area contributed by atoms with Crippen LogP contribution in [0.3, 0.4) is 0 Å². The zero-order valence-corrected chi connectivity index (χ0v) is 27.1. The highest BCUT2D eigenvalue weighted by molar-refractivity contribution is 5.93. The number of rotatable bonds is 12. The lowest BCUT2D eigenvalue weighted by molar-refractivity contribution is -0.0174. The molecule has 1 heterocycles. The van der Waals surface area contributed by atoms with E-state index in [-0.39, 0.29) is 30.0 Å². The van der Waals surface area contributed by atoms with Gasteiger partial charge in [0.05, 0.1) is 29.9 Å². The van der Waals surface area contributed by atoms with E-state index in [1.165, 1.54) is 6.07 Å². The smallest absolute Gasteiger partial charge is 0.343 e. The lowest BCUT2D eigenvalue weighted by Crippen LogP contribution is -2.35. The SMILES string of the molecule is Cc1cc(C(=O)Oc2ccc(C(=O)OC3CC(C)CCC3C(C)C)cc2)ccc1OC(=O)c1ccc(OCOCC2(C)CO2)cc1. The van der Waals surface area contributed by atoms with E-state index in [9.17, 15) is 14.4 Å². The Morgan fingerprint density at radius 2 is 1.46 bits per heavy atom. The van der Waals surface area contributed by atoms with Gasteiger partial charge in [-0.2, -0.15) is 0 Å². The van der Waals surface area contributed by atoms with Crippen molar-refractivity contribution in [3.05, 3.63) is 89.0 Å². The first kappa shape index (κ1) is 33.2. The van der Waals surface area contributed by atoms with Gasteiger partial charge >= 0.3 is 17.9 Å². The molecular formula is C37H42O9. The van der Waals surface area contributed by atoms with Crippen molar-refractivity contribution in [1.29, 1.82) is 0 Å². The molecule has 0 spiro atoms. The Balaban J connectivity index is 1.11. The molecule has 3 aromatic carbocycles. The lowest BCUT2D eigenvalue weighted by Gasteiger charge is -2.36. The fraction of sp³-hybridized carbons (Fsp3) is 0.432. The molecule has 9 nitrogen and oxygen atoms in total. The zero-order chi connectivity index (χ0) is 32.8. The molecule has 5 rings (SSSR count). The molecule has 0 bridgehead atoms. The third kappa shape index (κ3) is 8.73. The second-order valence-corrected chi connectivity index (χ2v) is 12.9. The zero-order valence-electron chi connectivity index (χ0n) is 27.1. The Kier molecular flexibility index (Phi) is 10.4. The third-order valence-corrected chi connectivity index (χ3v) is 8.58. The maximum Gasteiger partial charge on any atom is 0.343 e. The average molecular weight is 631 g/mol. The first-order chi connectivity index (χ1) is 22.0. The standard InChI is InChI=1S/C37H42O9/c1-23(2)31-16-6-24(3)18-33(31)46-35(39)27-9-14-30(15-10-27)44-36(40)28-11-17-32(25(4)19-28)45-34(38)26-7-12-29(13-8-26)42-22-41-20-37(5)21-43-37/h7-15,17,19,23-24,31,33H,6,16,18,20-22H2,1-5H3. The highest BCUT2D eigenvalue weighted by Crippen LogP contribution is 2.36. The summed E-state index contributed by atoms with van der Waals surface area (Å²) in [6, 6.07) is 17.6. The maximum atomic E-state index is 12.9. The van der Waals surface area contributed by atoms with Crippen LogP contribution < -0.4 is 14.2 Å². The van der Waals surface area contributed by atoms with Gasteiger partial charge in [-0.25, -0.2) is 14.4 Å². The minimum Gasteiger partial charge on any atom is -0.468 e. The lowest BCUT2D eigenvalue weighted by atomic mass is 9.75. The van der Waals surface area contributed by atoms with E-state index in [0.717, 1.165) is 19.3 Å². The Morgan fingerprint density at radius 1 is 0.848 bits per heavy atom. The maximum absolute atomic E-state index is 12.9. The molecule has 4 unspecified atom stereocenters. The average Bonchev–Trinajstić information content (AvgIpc) is 3.77. The van der Waals surface area contributed by atoms with Gasteiger partial charge in [0.15, 0.2) is 6.79 Å². The van der Waals surface area contributed by atoms with Crippen molar-refractivity contribution in [3.63, 3.8) is 0 Å². The molecule has 2 aliphatic rings. The molecule has 4 atom stereocenters. The number of hydrogen-bond acceptors (Lipinski definition) is 9. The number of ether oxygens (including phenoxy) is 6. The van der Waals surface area contributed by atoms with E-state index in [0.29, 0.717) is 64.9 Å². The second kappa shape index (κ2) is 14.5. The molecule has 9 heteroatoms. The predicted octanol–water partition coefficient (Wildman–Crippen LogP) is 7.19. The summed E-state index contributed by atoms with van der Waals surface area (Å²) in [5.74, 6) is 1.01. The van der Waals surface area contributed by atoms with E-state index in [4.69, 9.17) is 28.4 Å². The second-order valence-electron chi connectivity index (χ2n) is 12.9. The van der Waals surface area contributed by atoms with Gasteiger partial charge in [0.2, 0.25) is 0 Å². The Morgan fingerprint density at radius 3 is 2.09 bits per heavy atom. The van der Waals surface area contributed by atoms with Crippen molar-refractivity contribution in [3.8, 4) is 17.2 Å². The van der Waals surface area contributed by atoms with Crippen molar-refractivity contribution in [1.82, 2.24) is 0 Å². The molecule has 1 saturated heterocycles. The quantitative estimate of drug-likeness (QED) is 0.0675. The van der Waals surface area contributed by atoms with Crippen molar-refractivity contribution >= 4 is 17.9 Å². The molecule has 2 fully saturated rings. The van der Waals surface area contributed by atoms with Crippen molar-refractivity contribution in [2.75, 3.05) is 20.0 Å². The van der Waals surface area contributed by atoms with Crippen LogP contribution in [0.25, 0.3) is 0 Å². The highest BCUT2D eigenvalue weighted by Gasteiger charge is 2.39. The van der Waals surface area contributed by atoms with E-state index in [2.05, 4.69) is 20.8 Å². The summed E-state index contributed by atoms with van der Waals surface area (Å²) >= 11 is 0. The molecule has 0 aromatic heterocycles. The van der Waals surface area contributed by atoms with Crippen LogP contribution in [-0.2, 0) is 14.2 Å². The number of benzene rings is 3. The minimum absolute atomic E-state index is 0.0788. The summed E-state index contributed by atoms with van der Waals surface area (Å²) < 4.78 is 33.3. The molecule has 244 valence electrons. The van der Waals surface area contributed by atoms with Gasteiger partial charge in [0.25, 0.3) is 0 Å². The van der Waals surface area contributed by atoms with Crippen molar-refractivity contribution in [2.24, 2.45) is 17.8 Å². The monoisotopic (exact) mass is 630 g/mol. The minimum atomic E-state index is -0.578. The van der Waals surface area contributed by atoms with Crippen molar-refractivity contribution in [2.45, 2.75) is 65.6 Å². The van der Waals surface area contributed by atoms with Crippen LogP contribution in [0.15, 0.2) is 66.7 Å². The molecule has 46 heavy (non-hydrogen) atoms. The van der Waals surface area contributed by atoms with E-state index in [1.54, 1.807) is 67.6 Å². The van der Waals surface area contributed by atoms with Gasteiger partial charge in [-0.15, -0.1) is 0 Å². The van der Waals surface area contributed by atoms with Crippen LogP contribution in [0.4, 0.5) is 0 Å². The Labute approximate surface area is 270 Å². The van der Waals surface area contributed by atoms with Gasteiger partial charge in [-0.1, -0.05) is 27.2 Å².